The van der Waals surface area contributed by atoms with Gasteiger partial charge in [-0.3, -0.25) is 9.59 Å². The van der Waals surface area contributed by atoms with E-state index in [-0.39, 0.29) is 11.3 Å². The van der Waals surface area contributed by atoms with E-state index in [2.05, 4.69) is 15.6 Å². The number of hydrazone groups is 1. The number of nitrogens with one attached hydrogen (secondary N) is 1. The fourth-order valence-corrected chi connectivity index (χ4v) is 3.85. The number of para-hydroxylation sites is 1. The first kappa shape index (κ1) is 22.0. The summed E-state index contributed by atoms with van der Waals surface area (Å²) in [6.45, 7) is 2.16. The molecule has 0 fully saturated rings. The summed E-state index contributed by atoms with van der Waals surface area (Å²) in [4.78, 5) is 25.5. The molecule has 35 heavy (non-hydrogen) atoms. The molecule has 0 aliphatic heterocycles. The summed E-state index contributed by atoms with van der Waals surface area (Å²) in [5.74, 6) is -0.503. The molecule has 2 heterocycles. The van der Waals surface area contributed by atoms with Gasteiger partial charge in [-0.25, -0.2) is 14.8 Å². The van der Waals surface area contributed by atoms with Crippen molar-refractivity contribution in [1.82, 2.24) is 25.0 Å². The molecule has 1 N–H and O–H groups in total. The largest absolute Gasteiger partial charge is 0.292 e. The van der Waals surface area contributed by atoms with Gasteiger partial charge >= 0.3 is 0 Å². The number of aryl methyl sites for hydroxylation is 1. The van der Waals surface area contributed by atoms with Crippen LogP contribution in [0.5, 0.6) is 0 Å². The number of nitrogens with zero attached hydrogens (tertiary/aromatic N) is 5. The van der Waals surface area contributed by atoms with Gasteiger partial charge in [-0.2, -0.15) is 15.3 Å². The van der Waals surface area contributed by atoms with Crippen LogP contribution in [0.25, 0.3) is 27.7 Å². The van der Waals surface area contributed by atoms with Crippen molar-refractivity contribution in [2.75, 3.05) is 0 Å². The van der Waals surface area contributed by atoms with Crippen LogP contribution in [-0.4, -0.2) is 31.7 Å². The number of benzene rings is 3. The summed E-state index contributed by atoms with van der Waals surface area (Å²) < 4.78 is 3.05. The normalized spacial score (nSPS) is 11.2. The van der Waals surface area contributed by atoms with Gasteiger partial charge < -0.3 is 0 Å². The van der Waals surface area contributed by atoms with Crippen molar-refractivity contribution in [2.24, 2.45) is 5.10 Å². The highest BCUT2D eigenvalue weighted by Gasteiger charge is 2.16. The Bertz CT molecular complexity index is 1590. The van der Waals surface area contributed by atoms with Crippen LogP contribution in [0.1, 0.15) is 23.0 Å². The Hall–Kier alpha value is -4.85. The molecule has 0 aliphatic carbocycles. The molecule has 0 radical (unpaired) electrons. The first-order valence-electron chi connectivity index (χ1n) is 11.2. The molecule has 0 atom stereocenters. The molecule has 1 amide bonds. The van der Waals surface area contributed by atoms with Crippen LogP contribution in [0.15, 0.2) is 101 Å². The smallest absolute Gasteiger partial charge is 0.267 e. The number of aromatic nitrogens is 4. The average molecular weight is 463 g/mol. The minimum Gasteiger partial charge on any atom is -0.267 e. The van der Waals surface area contributed by atoms with Gasteiger partial charge in [-0.05, 0) is 25.1 Å². The standard InChI is InChI=1S/C27H22N6O2/c1-2-32-27(35)23-16-10-9-15-22(23)25(31-32)26(34)29-28-17-20-18-33(21-13-7-4-8-14-21)30-24(20)19-11-5-3-6-12-19/h3-18H,2H2,1H3,(H,29,34). The van der Waals surface area contributed by atoms with Crippen molar-refractivity contribution in [1.29, 1.82) is 0 Å². The van der Waals surface area contributed by atoms with Crippen LogP contribution in [0, 0.1) is 0 Å². The fourth-order valence-electron chi connectivity index (χ4n) is 3.85. The average Bonchev–Trinajstić information content (AvgIpc) is 3.34. The number of fused-ring (bicyclic) bond motifs is 1. The summed E-state index contributed by atoms with van der Waals surface area (Å²) in [5.41, 5.74) is 5.76. The van der Waals surface area contributed by atoms with Crippen molar-refractivity contribution in [3.05, 3.63) is 113 Å². The van der Waals surface area contributed by atoms with Crippen LogP contribution in [0.2, 0.25) is 0 Å². The highest BCUT2D eigenvalue weighted by Crippen LogP contribution is 2.22. The van der Waals surface area contributed by atoms with Crippen molar-refractivity contribution in [2.45, 2.75) is 13.5 Å². The highest BCUT2D eigenvalue weighted by atomic mass is 16.2. The lowest BCUT2D eigenvalue weighted by molar-refractivity contribution is 0.0949. The SMILES string of the molecule is CCn1nc(C(=O)NN=Cc2cn(-c3ccccc3)nc2-c2ccccc2)c2ccccc2c1=O. The number of hydrogen-bond acceptors (Lipinski definition) is 5. The molecule has 0 spiro atoms. The van der Waals surface area contributed by atoms with Crippen molar-refractivity contribution in [3.63, 3.8) is 0 Å². The number of hydrogen-bond donors (Lipinski definition) is 1. The Morgan fingerprint density at radius 1 is 0.914 bits per heavy atom. The molecule has 3 aromatic carbocycles. The lowest BCUT2D eigenvalue weighted by Crippen LogP contribution is -2.28. The third kappa shape index (κ3) is 4.37. The molecular formula is C27H22N6O2. The molecule has 8 heteroatoms. The number of carbonyl (C=O) groups excluding carboxylic acids is 1. The van der Waals surface area contributed by atoms with Crippen LogP contribution in [0.3, 0.4) is 0 Å². The summed E-state index contributed by atoms with van der Waals surface area (Å²) in [7, 11) is 0. The molecule has 0 unspecified atom stereocenters. The zero-order valence-corrected chi connectivity index (χ0v) is 19.0. The number of amides is 1. The topological polar surface area (TPSA) is 94.2 Å². The van der Waals surface area contributed by atoms with Gasteiger partial charge in [0.1, 0.15) is 5.69 Å². The molecule has 5 aromatic rings. The van der Waals surface area contributed by atoms with Gasteiger partial charge in [-0.1, -0.05) is 66.7 Å². The minimum absolute atomic E-state index is 0.141. The van der Waals surface area contributed by atoms with Crippen LogP contribution in [0.4, 0.5) is 0 Å². The first-order chi connectivity index (χ1) is 17.2. The first-order valence-corrected chi connectivity index (χ1v) is 11.2. The summed E-state index contributed by atoms with van der Waals surface area (Å²) in [6.07, 6.45) is 3.42. The van der Waals surface area contributed by atoms with Crippen molar-refractivity contribution in [3.8, 4) is 16.9 Å². The van der Waals surface area contributed by atoms with Gasteiger partial charge in [-0.15, -0.1) is 0 Å². The summed E-state index contributed by atoms with van der Waals surface area (Å²) in [5, 5.41) is 14.1. The minimum atomic E-state index is -0.503. The highest BCUT2D eigenvalue weighted by molar-refractivity contribution is 6.05. The molecule has 2 aromatic heterocycles. The predicted molar refractivity (Wildman–Crippen MR) is 136 cm³/mol. The van der Waals surface area contributed by atoms with Gasteiger partial charge in [0.25, 0.3) is 11.5 Å². The van der Waals surface area contributed by atoms with Crippen LogP contribution in [-0.2, 0) is 6.54 Å². The lowest BCUT2D eigenvalue weighted by Gasteiger charge is -2.08. The van der Waals surface area contributed by atoms with Gasteiger partial charge in [0.2, 0.25) is 0 Å². The van der Waals surface area contributed by atoms with E-state index in [0.717, 1.165) is 22.5 Å². The molecule has 0 aliphatic rings. The van der Waals surface area contributed by atoms with Gasteiger partial charge in [0.15, 0.2) is 5.69 Å². The zero-order chi connectivity index (χ0) is 24.2. The summed E-state index contributed by atoms with van der Waals surface area (Å²) in [6, 6.07) is 26.5. The Morgan fingerprint density at radius 2 is 1.57 bits per heavy atom. The van der Waals surface area contributed by atoms with Crippen molar-refractivity contribution >= 4 is 22.9 Å². The third-order valence-electron chi connectivity index (χ3n) is 5.56. The molecule has 0 saturated carbocycles. The van der Waals surface area contributed by atoms with Crippen LogP contribution >= 0.6 is 0 Å². The van der Waals surface area contributed by atoms with Crippen molar-refractivity contribution < 1.29 is 4.79 Å². The lowest BCUT2D eigenvalue weighted by atomic mass is 10.1. The van der Waals surface area contributed by atoms with Gasteiger partial charge in [0, 0.05) is 29.3 Å². The fraction of sp³-hybridized carbons (Fsp3) is 0.0741. The molecule has 0 saturated heterocycles. The molecule has 8 nitrogen and oxygen atoms in total. The van der Waals surface area contributed by atoms with E-state index in [0.29, 0.717) is 17.3 Å². The second-order valence-electron chi connectivity index (χ2n) is 7.79. The van der Waals surface area contributed by atoms with Gasteiger partial charge in [0.05, 0.1) is 17.3 Å². The Kier molecular flexibility index (Phi) is 6.00. The van der Waals surface area contributed by atoms with E-state index >= 15 is 0 Å². The van der Waals surface area contributed by atoms with E-state index in [1.54, 1.807) is 42.1 Å². The zero-order valence-electron chi connectivity index (χ0n) is 19.0. The Labute approximate surface area is 201 Å². The molecule has 172 valence electrons. The Balaban J connectivity index is 1.48. The molecule has 5 rings (SSSR count). The van der Waals surface area contributed by atoms with E-state index in [9.17, 15) is 9.59 Å². The van der Waals surface area contributed by atoms with E-state index in [1.165, 1.54) is 4.68 Å². The molecular weight excluding hydrogens is 440 g/mol. The quantitative estimate of drug-likeness (QED) is 0.304. The van der Waals surface area contributed by atoms with E-state index in [4.69, 9.17) is 5.10 Å². The summed E-state index contributed by atoms with van der Waals surface area (Å²) >= 11 is 0. The van der Waals surface area contributed by atoms with Crippen LogP contribution < -0.4 is 11.0 Å². The van der Waals surface area contributed by atoms with E-state index < -0.39 is 5.91 Å². The maximum absolute atomic E-state index is 13.0. The monoisotopic (exact) mass is 462 g/mol. The maximum Gasteiger partial charge on any atom is 0.292 e. The molecule has 0 bridgehead atoms. The maximum atomic E-state index is 13.0. The predicted octanol–water partition coefficient (Wildman–Crippen LogP) is 4.03. The van der Waals surface area contributed by atoms with E-state index in [1.807, 2.05) is 66.9 Å². The second kappa shape index (κ2) is 9.56. The number of carbonyl (C=O) groups is 1. The second-order valence-corrected chi connectivity index (χ2v) is 7.79. The third-order valence-corrected chi connectivity index (χ3v) is 5.56. The number of rotatable bonds is 6. The Morgan fingerprint density at radius 3 is 2.29 bits per heavy atom.